The quantitative estimate of drug-likeness (QED) is 0.151. The molecule has 262 valence electrons. The van der Waals surface area contributed by atoms with Crippen LogP contribution in [0.4, 0.5) is 0 Å². The SMILES string of the molecule is CCCC(Br)Oc1ccc(-c2cccc(-c3c4nc(cc5ccc([nH]5)c(-c5ccccc5)c5nc(c(-c6ccccc6)c6ccc3[nH]6)C=C5)C=C4)c2)cc1. The van der Waals surface area contributed by atoms with Crippen molar-refractivity contribution in [2.75, 3.05) is 0 Å². The van der Waals surface area contributed by atoms with Crippen molar-refractivity contribution in [3.05, 3.63) is 162 Å². The van der Waals surface area contributed by atoms with Crippen LogP contribution in [0, 0.1) is 0 Å². The molecule has 2 aliphatic rings. The summed E-state index contributed by atoms with van der Waals surface area (Å²) in [6, 6.07) is 48.6. The summed E-state index contributed by atoms with van der Waals surface area (Å²) in [5, 5.41) is 0.00212. The van der Waals surface area contributed by atoms with Crippen LogP contribution in [0.1, 0.15) is 42.5 Å². The van der Waals surface area contributed by atoms with E-state index in [0.717, 1.165) is 108 Å². The van der Waals surface area contributed by atoms with E-state index in [4.69, 9.17) is 14.7 Å². The van der Waals surface area contributed by atoms with Gasteiger partial charge in [0.25, 0.3) is 0 Å². The summed E-state index contributed by atoms with van der Waals surface area (Å²) in [5.41, 5.74) is 16.1. The fraction of sp³-hybridized carbons (Fsp3) is 0.0833. The molecule has 0 fully saturated rings. The second-order valence-corrected chi connectivity index (χ2v) is 14.5. The van der Waals surface area contributed by atoms with E-state index in [1.165, 1.54) is 0 Å². The molecular formula is C48H37BrN4O. The molecule has 5 nitrogen and oxygen atoms in total. The molecule has 7 aromatic rings. The highest BCUT2D eigenvalue weighted by Crippen LogP contribution is 2.37. The van der Waals surface area contributed by atoms with Gasteiger partial charge in [-0.3, -0.25) is 0 Å². The zero-order valence-electron chi connectivity index (χ0n) is 29.8. The lowest BCUT2D eigenvalue weighted by Crippen LogP contribution is -2.06. The summed E-state index contributed by atoms with van der Waals surface area (Å²) in [4.78, 5) is 18.0. The first-order valence-corrected chi connectivity index (χ1v) is 19.3. The van der Waals surface area contributed by atoms with Crippen LogP contribution in [0.2, 0.25) is 0 Å². The number of aromatic nitrogens is 4. The first-order valence-electron chi connectivity index (χ1n) is 18.4. The third kappa shape index (κ3) is 6.72. The number of aromatic amines is 2. The summed E-state index contributed by atoms with van der Waals surface area (Å²) >= 11 is 3.63. The van der Waals surface area contributed by atoms with Crippen LogP contribution in [-0.2, 0) is 0 Å². The van der Waals surface area contributed by atoms with Gasteiger partial charge in [0.2, 0.25) is 0 Å². The van der Waals surface area contributed by atoms with E-state index in [9.17, 15) is 0 Å². The predicted molar refractivity (Wildman–Crippen MR) is 229 cm³/mol. The Balaban J connectivity index is 1.28. The number of nitrogens with zero attached hydrogens (tertiary/aromatic N) is 2. The average Bonchev–Trinajstić information content (AvgIpc) is 4.04. The van der Waals surface area contributed by atoms with Crippen molar-refractivity contribution < 1.29 is 4.74 Å². The second-order valence-electron chi connectivity index (χ2n) is 13.5. The molecule has 9 rings (SSSR count). The molecule has 0 spiro atoms. The van der Waals surface area contributed by atoms with Crippen molar-refractivity contribution in [1.82, 2.24) is 19.9 Å². The topological polar surface area (TPSA) is 66.6 Å². The summed E-state index contributed by atoms with van der Waals surface area (Å²) in [6.07, 6.45) is 10.5. The molecule has 3 aromatic heterocycles. The first kappa shape index (κ1) is 33.6. The van der Waals surface area contributed by atoms with E-state index in [1.807, 2.05) is 24.3 Å². The van der Waals surface area contributed by atoms with Gasteiger partial charge in [-0.2, -0.15) is 0 Å². The smallest absolute Gasteiger partial charge is 0.153 e. The van der Waals surface area contributed by atoms with Crippen LogP contribution in [0.5, 0.6) is 5.75 Å². The average molecular weight is 766 g/mol. The first-order chi connectivity index (χ1) is 26.6. The number of hydrogen-bond donors (Lipinski definition) is 2. The molecule has 8 bridgehead atoms. The van der Waals surface area contributed by atoms with Crippen molar-refractivity contribution in [1.29, 1.82) is 0 Å². The molecule has 1 unspecified atom stereocenters. The van der Waals surface area contributed by atoms with Gasteiger partial charge in [-0.05, 0) is 123 Å². The number of rotatable bonds is 8. The number of hydrogen-bond acceptors (Lipinski definition) is 3. The maximum Gasteiger partial charge on any atom is 0.153 e. The van der Waals surface area contributed by atoms with Gasteiger partial charge in [-0.25, -0.2) is 9.97 Å². The summed E-state index contributed by atoms with van der Waals surface area (Å²) in [6.45, 7) is 2.16. The highest BCUT2D eigenvalue weighted by Gasteiger charge is 2.17. The number of nitrogens with one attached hydrogen (secondary N) is 2. The molecule has 0 saturated heterocycles. The van der Waals surface area contributed by atoms with Gasteiger partial charge in [0, 0.05) is 38.8 Å². The molecule has 0 radical (unpaired) electrons. The van der Waals surface area contributed by atoms with E-state index >= 15 is 0 Å². The van der Waals surface area contributed by atoms with Crippen LogP contribution in [0.15, 0.2) is 140 Å². The number of H-pyrrole nitrogens is 2. The van der Waals surface area contributed by atoms with Crippen molar-refractivity contribution in [3.63, 3.8) is 0 Å². The van der Waals surface area contributed by atoms with Gasteiger partial charge in [0.05, 0.1) is 22.8 Å². The highest BCUT2D eigenvalue weighted by atomic mass is 79.9. The molecule has 5 heterocycles. The van der Waals surface area contributed by atoms with Crippen molar-refractivity contribution in [2.45, 2.75) is 24.8 Å². The molecule has 2 aliphatic heterocycles. The number of fused-ring (bicyclic) bond motifs is 8. The number of ether oxygens (including phenoxy) is 1. The standard InChI is InChI=1S/C48H37BrN4O/c1-2-10-45(49)54-38-21-17-31(18-22-38)34-15-9-16-35(29-34)48-40-24-20-37(51-40)30-36-19-23-39(50-36)46(32-11-5-3-6-12-32)41-25-26-42(52-41)47(33-13-7-4-8-14-33)43-27-28-44(48)53-43/h3-9,11-30,45,50,53H,2,10H2,1H3. The Morgan fingerprint density at radius 2 is 1.07 bits per heavy atom. The Morgan fingerprint density at radius 1 is 0.519 bits per heavy atom. The van der Waals surface area contributed by atoms with Gasteiger partial charge in [-0.1, -0.05) is 104 Å². The Morgan fingerprint density at radius 3 is 1.74 bits per heavy atom. The van der Waals surface area contributed by atoms with Crippen LogP contribution >= 0.6 is 15.9 Å². The largest absolute Gasteiger partial charge is 0.479 e. The van der Waals surface area contributed by atoms with Crippen LogP contribution in [0.3, 0.4) is 0 Å². The van der Waals surface area contributed by atoms with E-state index in [-0.39, 0.29) is 5.01 Å². The Bertz CT molecular complexity index is 2710. The highest BCUT2D eigenvalue weighted by molar-refractivity contribution is 9.09. The van der Waals surface area contributed by atoms with Crippen molar-refractivity contribution in [2.24, 2.45) is 0 Å². The molecule has 1 atom stereocenters. The predicted octanol–water partition coefficient (Wildman–Crippen LogP) is 13.2. The number of halogens is 1. The number of alkyl halides is 1. The Kier molecular flexibility index (Phi) is 9.11. The second kappa shape index (κ2) is 14.6. The minimum atomic E-state index is 0.00212. The molecule has 2 N–H and O–H groups in total. The monoisotopic (exact) mass is 764 g/mol. The fourth-order valence-electron chi connectivity index (χ4n) is 7.27. The van der Waals surface area contributed by atoms with Gasteiger partial charge in [-0.15, -0.1) is 0 Å². The molecule has 0 saturated carbocycles. The molecular weight excluding hydrogens is 728 g/mol. The van der Waals surface area contributed by atoms with Crippen LogP contribution < -0.4 is 4.74 Å². The fourth-order valence-corrected chi connectivity index (χ4v) is 7.95. The van der Waals surface area contributed by atoms with Gasteiger partial charge in [0.1, 0.15) is 5.75 Å². The summed E-state index contributed by atoms with van der Waals surface area (Å²) < 4.78 is 6.07. The van der Waals surface area contributed by atoms with E-state index in [0.29, 0.717) is 0 Å². The minimum absolute atomic E-state index is 0.00212. The normalized spacial score (nSPS) is 12.6. The van der Waals surface area contributed by atoms with E-state index in [1.54, 1.807) is 0 Å². The third-order valence-electron chi connectivity index (χ3n) is 9.82. The molecule has 6 heteroatoms. The van der Waals surface area contributed by atoms with Crippen LogP contribution in [0.25, 0.3) is 90.9 Å². The maximum atomic E-state index is 6.07. The maximum absolute atomic E-state index is 6.07. The third-order valence-corrected chi connectivity index (χ3v) is 10.5. The molecule has 4 aromatic carbocycles. The molecule has 54 heavy (non-hydrogen) atoms. The summed E-state index contributed by atoms with van der Waals surface area (Å²) in [5.74, 6) is 0.848. The van der Waals surface area contributed by atoms with Crippen molar-refractivity contribution >= 4 is 62.3 Å². The zero-order chi connectivity index (χ0) is 36.4. The molecule has 0 aliphatic carbocycles. The van der Waals surface area contributed by atoms with E-state index < -0.39 is 0 Å². The lowest BCUT2D eigenvalue weighted by molar-refractivity contribution is 0.282. The van der Waals surface area contributed by atoms with Gasteiger partial charge < -0.3 is 14.7 Å². The van der Waals surface area contributed by atoms with E-state index in [2.05, 4.69) is 172 Å². The lowest BCUT2D eigenvalue weighted by Gasteiger charge is -2.13. The lowest BCUT2D eigenvalue weighted by atomic mass is 9.98. The Hall–Kier alpha value is -6.24. The van der Waals surface area contributed by atoms with Gasteiger partial charge in [0.15, 0.2) is 5.01 Å². The number of benzene rings is 4. The van der Waals surface area contributed by atoms with Crippen molar-refractivity contribution in [3.8, 4) is 50.3 Å². The van der Waals surface area contributed by atoms with Gasteiger partial charge >= 0.3 is 0 Å². The minimum Gasteiger partial charge on any atom is -0.479 e. The summed E-state index contributed by atoms with van der Waals surface area (Å²) in [7, 11) is 0. The molecule has 0 amide bonds. The van der Waals surface area contributed by atoms with Crippen LogP contribution in [-0.4, -0.2) is 24.9 Å². The zero-order valence-corrected chi connectivity index (χ0v) is 31.3. The Labute approximate surface area is 322 Å².